The van der Waals surface area contributed by atoms with Crippen LogP contribution in [-0.4, -0.2) is 26.2 Å². The van der Waals surface area contributed by atoms with Crippen LogP contribution in [0.2, 0.25) is 0 Å². The number of aromatic nitrogens is 2. The van der Waals surface area contributed by atoms with Crippen LogP contribution in [0.3, 0.4) is 0 Å². The van der Waals surface area contributed by atoms with E-state index in [-0.39, 0.29) is 18.1 Å². The second-order valence-corrected chi connectivity index (χ2v) is 3.75. The molecule has 0 atom stereocenters. The molecule has 2 aromatic rings. The van der Waals surface area contributed by atoms with Gasteiger partial charge >= 0.3 is 5.97 Å². The molecule has 0 saturated heterocycles. The lowest BCUT2D eigenvalue weighted by atomic mass is 10.0. The van der Waals surface area contributed by atoms with Crippen molar-refractivity contribution in [1.29, 1.82) is 0 Å². The molecule has 0 fully saturated rings. The molecule has 98 valence electrons. The van der Waals surface area contributed by atoms with E-state index in [1.165, 1.54) is 18.3 Å². The Morgan fingerprint density at radius 1 is 1.47 bits per heavy atom. The standard InChI is InChI=1S/C13H12N2O4/c1-2-9-4-3-5-10(13(16)17)11(9)8-19-12-6-7-15(18)14-12/h2-7,18H,1,8H2,(H,16,17). The molecule has 2 N–H and O–H groups in total. The summed E-state index contributed by atoms with van der Waals surface area (Å²) < 4.78 is 5.34. The first-order valence-corrected chi connectivity index (χ1v) is 5.47. The number of hydrogen-bond donors (Lipinski definition) is 2. The average molecular weight is 260 g/mol. The quantitative estimate of drug-likeness (QED) is 0.803. The highest BCUT2D eigenvalue weighted by molar-refractivity contribution is 5.90. The molecule has 6 heteroatoms. The van der Waals surface area contributed by atoms with Crippen LogP contribution >= 0.6 is 0 Å². The van der Waals surface area contributed by atoms with E-state index in [2.05, 4.69) is 11.7 Å². The van der Waals surface area contributed by atoms with E-state index in [0.29, 0.717) is 16.0 Å². The second-order valence-electron chi connectivity index (χ2n) is 3.75. The second kappa shape index (κ2) is 5.26. The normalized spacial score (nSPS) is 10.1. The number of ether oxygens (including phenoxy) is 1. The van der Waals surface area contributed by atoms with Crippen molar-refractivity contribution >= 4 is 12.0 Å². The predicted octanol–water partition coefficient (Wildman–Crippen LogP) is 2.04. The van der Waals surface area contributed by atoms with Gasteiger partial charge in [-0.15, -0.1) is 4.85 Å². The van der Waals surface area contributed by atoms with Crippen LogP contribution < -0.4 is 4.74 Å². The summed E-state index contributed by atoms with van der Waals surface area (Å²) in [5, 5.41) is 21.8. The number of aromatic carboxylic acids is 1. The summed E-state index contributed by atoms with van der Waals surface area (Å²) in [5.41, 5.74) is 1.35. The zero-order valence-corrected chi connectivity index (χ0v) is 9.98. The van der Waals surface area contributed by atoms with Crippen molar-refractivity contribution in [3.05, 3.63) is 53.7 Å². The Labute approximate surface area is 109 Å². The minimum atomic E-state index is -1.03. The zero-order chi connectivity index (χ0) is 13.8. The van der Waals surface area contributed by atoms with Crippen molar-refractivity contribution in [3.63, 3.8) is 0 Å². The zero-order valence-electron chi connectivity index (χ0n) is 9.98. The first kappa shape index (κ1) is 12.7. The first-order valence-electron chi connectivity index (χ1n) is 5.47. The van der Waals surface area contributed by atoms with Gasteiger partial charge in [0, 0.05) is 11.6 Å². The maximum Gasteiger partial charge on any atom is 0.336 e. The Kier molecular flexibility index (Phi) is 3.51. The fraction of sp³-hybridized carbons (Fsp3) is 0.0769. The number of rotatable bonds is 5. The van der Waals surface area contributed by atoms with Crippen LogP contribution in [0.5, 0.6) is 5.88 Å². The third-order valence-corrected chi connectivity index (χ3v) is 2.58. The Hall–Kier alpha value is -2.76. The number of benzene rings is 1. The average Bonchev–Trinajstić information content (AvgIpc) is 2.81. The van der Waals surface area contributed by atoms with E-state index in [0.717, 1.165) is 0 Å². The van der Waals surface area contributed by atoms with Gasteiger partial charge in [0.05, 0.1) is 11.8 Å². The van der Waals surface area contributed by atoms with E-state index in [1.807, 2.05) is 0 Å². The number of hydrogen-bond acceptors (Lipinski definition) is 4. The number of carboxylic acids is 1. The third-order valence-electron chi connectivity index (χ3n) is 2.58. The van der Waals surface area contributed by atoms with E-state index >= 15 is 0 Å². The number of carboxylic acid groups (broad SMARTS) is 1. The van der Waals surface area contributed by atoms with E-state index in [4.69, 9.17) is 15.1 Å². The van der Waals surface area contributed by atoms with Gasteiger partial charge in [0.15, 0.2) is 0 Å². The van der Waals surface area contributed by atoms with Crippen LogP contribution in [-0.2, 0) is 6.61 Å². The van der Waals surface area contributed by atoms with Crippen molar-refractivity contribution in [2.45, 2.75) is 6.61 Å². The van der Waals surface area contributed by atoms with Gasteiger partial charge in [0.2, 0.25) is 5.88 Å². The Bertz CT molecular complexity index is 619. The van der Waals surface area contributed by atoms with Gasteiger partial charge in [-0.3, -0.25) is 0 Å². The topological polar surface area (TPSA) is 84.6 Å². The molecule has 0 spiro atoms. The molecule has 1 aromatic heterocycles. The van der Waals surface area contributed by atoms with E-state index < -0.39 is 5.97 Å². The van der Waals surface area contributed by atoms with Crippen molar-refractivity contribution in [2.24, 2.45) is 0 Å². The lowest BCUT2D eigenvalue weighted by Gasteiger charge is -2.10. The molecular formula is C13H12N2O4. The van der Waals surface area contributed by atoms with Crippen LogP contribution in [0.4, 0.5) is 0 Å². The largest absolute Gasteiger partial charge is 0.478 e. The molecule has 19 heavy (non-hydrogen) atoms. The summed E-state index contributed by atoms with van der Waals surface area (Å²) >= 11 is 0. The van der Waals surface area contributed by atoms with Gasteiger partial charge in [-0.25, -0.2) is 4.79 Å². The van der Waals surface area contributed by atoms with Crippen LogP contribution in [0.15, 0.2) is 37.0 Å². The van der Waals surface area contributed by atoms with Gasteiger partial charge < -0.3 is 15.1 Å². The lowest BCUT2D eigenvalue weighted by molar-refractivity contribution is 0.0693. The van der Waals surface area contributed by atoms with Gasteiger partial charge in [-0.1, -0.05) is 29.9 Å². The fourth-order valence-corrected chi connectivity index (χ4v) is 1.68. The smallest absolute Gasteiger partial charge is 0.336 e. The highest BCUT2D eigenvalue weighted by Crippen LogP contribution is 2.19. The van der Waals surface area contributed by atoms with E-state index in [9.17, 15) is 4.79 Å². The van der Waals surface area contributed by atoms with Gasteiger partial charge in [-0.2, -0.15) is 0 Å². The summed E-state index contributed by atoms with van der Waals surface area (Å²) in [6.07, 6.45) is 2.88. The van der Waals surface area contributed by atoms with Gasteiger partial charge in [-0.05, 0) is 11.6 Å². The predicted molar refractivity (Wildman–Crippen MR) is 67.2 cm³/mol. The molecule has 0 saturated carbocycles. The maximum atomic E-state index is 11.2. The molecule has 0 aliphatic rings. The molecular weight excluding hydrogens is 248 g/mol. The lowest BCUT2D eigenvalue weighted by Crippen LogP contribution is -2.08. The summed E-state index contributed by atoms with van der Waals surface area (Å²) in [7, 11) is 0. The minimum Gasteiger partial charge on any atom is -0.478 e. The molecule has 0 radical (unpaired) electrons. The van der Waals surface area contributed by atoms with Crippen molar-refractivity contribution < 1.29 is 19.8 Å². The summed E-state index contributed by atoms with van der Waals surface area (Å²) in [6.45, 7) is 3.67. The van der Waals surface area contributed by atoms with Crippen LogP contribution in [0.1, 0.15) is 21.5 Å². The molecule has 6 nitrogen and oxygen atoms in total. The highest BCUT2D eigenvalue weighted by atomic mass is 16.5. The third kappa shape index (κ3) is 2.74. The Balaban J connectivity index is 2.27. The Morgan fingerprint density at radius 3 is 2.84 bits per heavy atom. The van der Waals surface area contributed by atoms with E-state index in [1.54, 1.807) is 18.2 Å². The summed E-state index contributed by atoms with van der Waals surface area (Å²) in [6, 6.07) is 6.37. The molecule has 0 aliphatic carbocycles. The van der Waals surface area contributed by atoms with Crippen LogP contribution in [0, 0.1) is 0 Å². The molecule has 2 rings (SSSR count). The van der Waals surface area contributed by atoms with Gasteiger partial charge in [0.25, 0.3) is 0 Å². The molecule has 0 amide bonds. The molecule has 0 unspecified atom stereocenters. The van der Waals surface area contributed by atoms with Crippen molar-refractivity contribution in [2.75, 3.05) is 0 Å². The molecule has 0 bridgehead atoms. The molecule has 1 aromatic carbocycles. The van der Waals surface area contributed by atoms with Crippen molar-refractivity contribution in [1.82, 2.24) is 9.94 Å². The number of carbonyl (C=O) groups is 1. The maximum absolute atomic E-state index is 11.2. The highest BCUT2D eigenvalue weighted by Gasteiger charge is 2.13. The fourth-order valence-electron chi connectivity index (χ4n) is 1.68. The minimum absolute atomic E-state index is 0.0286. The van der Waals surface area contributed by atoms with Crippen molar-refractivity contribution in [3.8, 4) is 5.88 Å². The molecule has 0 aliphatic heterocycles. The number of nitrogens with zero attached hydrogens (tertiary/aromatic N) is 2. The first-order chi connectivity index (χ1) is 9.11. The summed E-state index contributed by atoms with van der Waals surface area (Å²) in [5.74, 6) is -0.826. The monoisotopic (exact) mass is 260 g/mol. The SMILES string of the molecule is C=Cc1cccc(C(=O)O)c1COc1ccn(O)n1. The van der Waals surface area contributed by atoms with Gasteiger partial charge in [0.1, 0.15) is 6.61 Å². The van der Waals surface area contributed by atoms with Crippen LogP contribution in [0.25, 0.3) is 6.08 Å². The summed E-state index contributed by atoms with van der Waals surface area (Å²) in [4.78, 5) is 11.8. The molecule has 1 heterocycles. The Morgan fingerprint density at radius 2 is 2.26 bits per heavy atom.